The smallest absolute Gasteiger partial charge is 0.129 e. The van der Waals surface area contributed by atoms with Gasteiger partial charge in [-0.2, -0.15) is 5.26 Å². The second kappa shape index (κ2) is 5.04. The van der Waals surface area contributed by atoms with E-state index in [9.17, 15) is 10.2 Å². The monoisotopic (exact) mass is 222 g/mol. The van der Waals surface area contributed by atoms with Crippen molar-refractivity contribution < 1.29 is 0 Å². The number of allylic oxidation sites excluding steroid dienone is 4. The maximum Gasteiger partial charge on any atom is 0.129 e. The van der Waals surface area contributed by atoms with Gasteiger partial charge in [0.05, 0.1) is 5.57 Å². The first-order valence-corrected chi connectivity index (χ1v) is 5.24. The van der Waals surface area contributed by atoms with Crippen LogP contribution in [0.4, 0.5) is 0 Å². The molecule has 1 aliphatic carbocycles. The Morgan fingerprint density at radius 1 is 1.18 bits per heavy atom. The van der Waals surface area contributed by atoms with E-state index in [1.54, 1.807) is 24.3 Å². The minimum Gasteiger partial charge on any atom is -0.192 e. The van der Waals surface area contributed by atoms with Crippen LogP contribution in [-0.4, -0.2) is 6.04 Å². The predicted molar refractivity (Wildman–Crippen MR) is 66.8 cm³/mol. The highest BCUT2D eigenvalue weighted by atomic mass is 16.3. The van der Waals surface area contributed by atoms with E-state index < -0.39 is 6.04 Å². The Balaban J connectivity index is 2.41. The van der Waals surface area contributed by atoms with Crippen LogP contribution < -0.4 is 0 Å². The van der Waals surface area contributed by atoms with E-state index >= 15 is 0 Å². The number of nitroso groups, excluding NO2 is 1. The lowest BCUT2D eigenvalue weighted by atomic mass is 9.97. The summed E-state index contributed by atoms with van der Waals surface area (Å²) in [4.78, 5) is 10.3. The second-order valence-corrected chi connectivity index (χ2v) is 3.62. The number of hydrogen-bond acceptors (Lipinski definition) is 3. The molecule has 0 radical (unpaired) electrons. The molecular formula is C14H10N2O. The number of nitriles is 1. The van der Waals surface area contributed by atoms with Crippen LogP contribution in [0.15, 0.2) is 65.4 Å². The second-order valence-electron chi connectivity index (χ2n) is 3.62. The molecule has 1 aromatic carbocycles. The summed E-state index contributed by atoms with van der Waals surface area (Å²) in [7, 11) is 0. The molecule has 3 heteroatoms. The maximum atomic E-state index is 10.3. The van der Waals surface area contributed by atoms with Gasteiger partial charge < -0.3 is 0 Å². The summed E-state index contributed by atoms with van der Waals surface area (Å²) in [5, 5.41) is 12.1. The van der Waals surface area contributed by atoms with Gasteiger partial charge in [-0.3, -0.25) is 0 Å². The molecule has 0 saturated carbocycles. The standard InChI is InChI=1S/C14H10N2O/c15-10-14(11-4-2-1-3-5-11)12-6-8-13(16-17)9-7-12/h1-9,13H. The van der Waals surface area contributed by atoms with Crippen molar-refractivity contribution in [3.05, 3.63) is 70.7 Å². The molecule has 0 unspecified atom stereocenters. The molecule has 0 amide bonds. The summed E-state index contributed by atoms with van der Waals surface area (Å²) in [6.45, 7) is 0. The van der Waals surface area contributed by atoms with Crippen molar-refractivity contribution in [2.24, 2.45) is 5.18 Å². The first kappa shape index (κ1) is 11.0. The summed E-state index contributed by atoms with van der Waals surface area (Å²) >= 11 is 0. The Hall–Kier alpha value is -2.47. The van der Waals surface area contributed by atoms with Crippen molar-refractivity contribution >= 4 is 5.57 Å². The number of nitrogens with zero attached hydrogens (tertiary/aromatic N) is 2. The van der Waals surface area contributed by atoms with Gasteiger partial charge in [-0.05, 0) is 11.1 Å². The Morgan fingerprint density at radius 3 is 2.35 bits per heavy atom. The third-order valence-electron chi connectivity index (χ3n) is 2.53. The molecule has 0 fully saturated rings. The van der Waals surface area contributed by atoms with Crippen LogP contribution in [0.5, 0.6) is 0 Å². The number of benzene rings is 1. The topological polar surface area (TPSA) is 53.2 Å². The highest BCUT2D eigenvalue weighted by Gasteiger charge is 2.09. The van der Waals surface area contributed by atoms with Crippen molar-refractivity contribution in [2.45, 2.75) is 6.04 Å². The molecule has 0 heterocycles. The Labute approximate surface area is 99.4 Å². The maximum absolute atomic E-state index is 10.3. The van der Waals surface area contributed by atoms with Gasteiger partial charge in [0.25, 0.3) is 0 Å². The van der Waals surface area contributed by atoms with E-state index in [-0.39, 0.29) is 0 Å². The molecule has 0 spiro atoms. The van der Waals surface area contributed by atoms with Crippen LogP contribution in [0.1, 0.15) is 5.56 Å². The molecule has 0 saturated heterocycles. The van der Waals surface area contributed by atoms with E-state index in [1.807, 2.05) is 30.3 Å². The van der Waals surface area contributed by atoms with E-state index in [0.717, 1.165) is 11.1 Å². The lowest BCUT2D eigenvalue weighted by Gasteiger charge is -2.07. The summed E-state index contributed by atoms with van der Waals surface area (Å²) < 4.78 is 0. The number of rotatable bonds is 2. The third-order valence-corrected chi connectivity index (χ3v) is 2.53. The molecule has 2 rings (SSSR count). The molecule has 0 bridgehead atoms. The predicted octanol–water partition coefficient (Wildman–Crippen LogP) is 3.22. The Bertz CT molecular complexity index is 531. The fraction of sp³-hybridized carbons (Fsp3) is 0.0714. The summed E-state index contributed by atoms with van der Waals surface area (Å²) in [6, 6.07) is 11.2. The highest BCUT2D eigenvalue weighted by molar-refractivity contribution is 5.83. The zero-order valence-corrected chi connectivity index (χ0v) is 9.08. The van der Waals surface area contributed by atoms with E-state index in [2.05, 4.69) is 11.2 Å². The first-order chi connectivity index (χ1) is 8.35. The van der Waals surface area contributed by atoms with Crippen molar-refractivity contribution in [1.82, 2.24) is 0 Å². The lowest BCUT2D eigenvalue weighted by molar-refractivity contribution is 1.00. The average Bonchev–Trinajstić information content (AvgIpc) is 2.42. The Morgan fingerprint density at radius 2 is 1.82 bits per heavy atom. The fourth-order valence-electron chi connectivity index (χ4n) is 1.66. The van der Waals surface area contributed by atoms with Gasteiger partial charge in [0.2, 0.25) is 0 Å². The Kier molecular flexibility index (Phi) is 3.27. The summed E-state index contributed by atoms with van der Waals surface area (Å²) in [5.74, 6) is 0. The molecule has 0 aromatic heterocycles. The quantitative estimate of drug-likeness (QED) is 0.569. The van der Waals surface area contributed by atoms with Gasteiger partial charge in [0, 0.05) is 0 Å². The minimum atomic E-state index is -0.422. The molecule has 0 atom stereocenters. The van der Waals surface area contributed by atoms with E-state index in [4.69, 9.17) is 0 Å². The van der Waals surface area contributed by atoms with Crippen LogP contribution in [-0.2, 0) is 0 Å². The van der Waals surface area contributed by atoms with Gasteiger partial charge in [0.1, 0.15) is 12.1 Å². The molecule has 3 nitrogen and oxygen atoms in total. The molecule has 0 N–H and O–H groups in total. The third kappa shape index (κ3) is 2.37. The van der Waals surface area contributed by atoms with Gasteiger partial charge in [-0.1, -0.05) is 59.8 Å². The summed E-state index contributed by atoms with van der Waals surface area (Å²) in [6.07, 6.45) is 6.89. The van der Waals surface area contributed by atoms with Gasteiger partial charge >= 0.3 is 0 Å². The van der Waals surface area contributed by atoms with Crippen LogP contribution in [0.3, 0.4) is 0 Å². The zero-order valence-electron chi connectivity index (χ0n) is 9.08. The average molecular weight is 222 g/mol. The van der Waals surface area contributed by atoms with E-state index in [1.165, 1.54) is 0 Å². The SMILES string of the molecule is N#CC(=C1C=CC(N=O)C=C1)c1ccccc1. The van der Waals surface area contributed by atoms with Crippen LogP contribution in [0.25, 0.3) is 5.57 Å². The minimum absolute atomic E-state index is 0.422. The molecule has 17 heavy (non-hydrogen) atoms. The van der Waals surface area contributed by atoms with Crippen molar-refractivity contribution in [2.75, 3.05) is 0 Å². The van der Waals surface area contributed by atoms with Crippen molar-refractivity contribution in [1.29, 1.82) is 5.26 Å². The van der Waals surface area contributed by atoms with Gasteiger partial charge in [-0.15, -0.1) is 4.91 Å². The van der Waals surface area contributed by atoms with Crippen LogP contribution >= 0.6 is 0 Å². The zero-order chi connectivity index (χ0) is 12.1. The van der Waals surface area contributed by atoms with Crippen LogP contribution in [0, 0.1) is 16.2 Å². The van der Waals surface area contributed by atoms with Crippen molar-refractivity contribution in [3.63, 3.8) is 0 Å². The normalized spacial score (nSPS) is 17.6. The molecule has 1 aliphatic rings. The molecule has 82 valence electrons. The number of hydrogen-bond donors (Lipinski definition) is 0. The fourth-order valence-corrected chi connectivity index (χ4v) is 1.66. The molecule has 0 aliphatic heterocycles. The first-order valence-electron chi connectivity index (χ1n) is 5.24. The highest BCUT2D eigenvalue weighted by Crippen LogP contribution is 2.22. The van der Waals surface area contributed by atoms with E-state index in [0.29, 0.717) is 5.57 Å². The van der Waals surface area contributed by atoms with Crippen molar-refractivity contribution in [3.8, 4) is 6.07 Å². The van der Waals surface area contributed by atoms with Crippen LogP contribution in [0.2, 0.25) is 0 Å². The lowest BCUT2D eigenvalue weighted by Crippen LogP contribution is -1.98. The summed E-state index contributed by atoms with van der Waals surface area (Å²) in [5.41, 5.74) is 2.28. The van der Waals surface area contributed by atoms with Gasteiger partial charge in [0.15, 0.2) is 0 Å². The molecular weight excluding hydrogens is 212 g/mol. The molecule has 1 aromatic rings. The van der Waals surface area contributed by atoms with Gasteiger partial charge in [-0.25, -0.2) is 0 Å². The largest absolute Gasteiger partial charge is 0.192 e.